The molecule has 0 bridgehead atoms. The molecule has 1 aliphatic carbocycles. The van der Waals surface area contributed by atoms with Crippen LogP contribution >= 0.6 is 0 Å². The summed E-state index contributed by atoms with van der Waals surface area (Å²) in [5.41, 5.74) is 13.0. The van der Waals surface area contributed by atoms with E-state index >= 15 is 0 Å². The number of carbonyl (C=O) groups excluding carboxylic acids is 2. The van der Waals surface area contributed by atoms with E-state index < -0.39 is 6.29 Å². The van der Waals surface area contributed by atoms with Gasteiger partial charge in [-0.1, -0.05) is 104 Å². The zero-order chi connectivity index (χ0) is 37.7. The summed E-state index contributed by atoms with van der Waals surface area (Å²) in [6.45, 7) is 6.10. The van der Waals surface area contributed by atoms with E-state index in [0.29, 0.717) is 49.6 Å². The summed E-state index contributed by atoms with van der Waals surface area (Å²) < 4.78 is 13.4. The molecule has 1 saturated heterocycles. The first kappa shape index (κ1) is 38.9. The number of hydrogen-bond donors (Lipinski definition) is 4. The molecule has 284 valence electrons. The molecule has 0 spiro atoms. The van der Waals surface area contributed by atoms with Gasteiger partial charge in [0.15, 0.2) is 6.29 Å². The summed E-state index contributed by atoms with van der Waals surface area (Å²) in [6, 6.07) is 32.2. The first-order valence-electron chi connectivity index (χ1n) is 19.3. The molecule has 5 N–H and O–H groups in total. The molecule has 1 aliphatic heterocycles. The quantitative estimate of drug-likeness (QED) is 0.0490. The first-order chi connectivity index (χ1) is 26.4. The van der Waals surface area contributed by atoms with Crippen molar-refractivity contribution in [3.63, 3.8) is 0 Å². The third-order valence-electron chi connectivity index (χ3n) is 10.5. The predicted octanol–water partition coefficient (Wildman–Crippen LogP) is 8.22. The number of anilines is 2. The van der Waals surface area contributed by atoms with Crippen LogP contribution in [0.3, 0.4) is 0 Å². The van der Waals surface area contributed by atoms with Crippen molar-refractivity contribution in [3.8, 4) is 11.1 Å². The second kappa shape index (κ2) is 19.5. The molecule has 9 heteroatoms. The molecule has 9 nitrogen and oxygen atoms in total. The van der Waals surface area contributed by atoms with E-state index in [1.807, 2.05) is 48.5 Å². The highest BCUT2D eigenvalue weighted by Crippen LogP contribution is 2.39. The van der Waals surface area contributed by atoms with Gasteiger partial charge in [0, 0.05) is 50.5 Å². The van der Waals surface area contributed by atoms with Gasteiger partial charge in [-0.2, -0.15) is 0 Å². The fourth-order valence-corrected chi connectivity index (χ4v) is 7.56. The lowest BCUT2D eigenvalue weighted by Crippen LogP contribution is -2.43. The van der Waals surface area contributed by atoms with Crippen molar-refractivity contribution in [3.05, 3.63) is 132 Å². The number of ether oxygens (including phenoxy) is 2. The van der Waals surface area contributed by atoms with Gasteiger partial charge in [-0.05, 0) is 65.6 Å². The first-order valence-corrected chi connectivity index (χ1v) is 19.3. The van der Waals surface area contributed by atoms with Gasteiger partial charge in [-0.3, -0.25) is 14.5 Å². The van der Waals surface area contributed by atoms with Crippen LogP contribution in [0.25, 0.3) is 11.1 Å². The van der Waals surface area contributed by atoms with Gasteiger partial charge in [0.1, 0.15) is 0 Å². The molecule has 6 rings (SSSR count). The standard InChI is InChI=1S/C45H54N4O5/c1-2-27-49(37-12-4-5-13-37)30-38-28-42(34-21-19-32(31-50)20-22-34)54-45(53-38)35-25-23-33(24-26-35)39-14-6-3-11-36(39)29-47-43(51)17-9-10-18-44(52)48-41-16-8-7-15-40(41)46/h2-3,6-8,11,14-16,19-26,37-38,42,45,50H,1,4-5,9-10,12-13,17-18,27-31,46H2,(H,47,51)(H,48,52)/t38-,42+,45+/m0/s1. The van der Waals surface area contributed by atoms with Crippen molar-refractivity contribution in [2.24, 2.45) is 0 Å². The zero-order valence-electron chi connectivity index (χ0n) is 31.1. The van der Waals surface area contributed by atoms with Crippen LogP contribution in [0.1, 0.15) is 92.4 Å². The van der Waals surface area contributed by atoms with Crippen molar-refractivity contribution >= 4 is 23.2 Å². The summed E-state index contributed by atoms with van der Waals surface area (Å²) in [5, 5.41) is 15.5. The topological polar surface area (TPSA) is 126 Å². The van der Waals surface area contributed by atoms with Crippen LogP contribution in [0.2, 0.25) is 0 Å². The second-order valence-electron chi connectivity index (χ2n) is 14.4. The smallest absolute Gasteiger partial charge is 0.224 e. The Morgan fingerprint density at radius 3 is 2.26 bits per heavy atom. The third kappa shape index (κ3) is 10.7. The maximum Gasteiger partial charge on any atom is 0.224 e. The van der Waals surface area contributed by atoms with Gasteiger partial charge in [-0.15, -0.1) is 6.58 Å². The predicted molar refractivity (Wildman–Crippen MR) is 214 cm³/mol. The number of aliphatic hydroxyl groups excluding tert-OH is 1. The van der Waals surface area contributed by atoms with Crippen molar-refractivity contribution < 1.29 is 24.2 Å². The fourth-order valence-electron chi connectivity index (χ4n) is 7.56. The number of para-hydroxylation sites is 2. The monoisotopic (exact) mass is 730 g/mol. The number of nitrogens with two attached hydrogens (primary N) is 1. The van der Waals surface area contributed by atoms with Gasteiger partial charge < -0.3 is 30.9 Å². The fraction of sp³-hybridized carbons (Fsp3) is 0.378. The van der Waals surface area contributed by atoms with E-state index in [1.54, 1.807) is 12.1 Å². The molecular weight excluding hydrogens is 677 g/mol. The minimum atomic E-state index is -0.536. The Labute approximate surface area is 319 Å². The molecule has 4 aromatic carbocycles. The minimum Gasteiger partial charge on any atom is -0.397 e. The van der Waals surface area contributed by atoms with E-state index in [2.05, 4.69) is 64.6 Å². The molecule has 2 fully saturated rings. The number of amides is 2. The molecular formula is C45H54N4O5. The summed E-state index contributed by atoms with van der Waals surface area (Å²) >= 11 is 0. The van der Waals surface area contributed by atoms with Crippen LogP contribution < -0.4 is 16.4 Å². The van der Waals surface area contributed by atoms with E-state index in [4.69, 9.17) is 15.2 Å². The normalized spacial score (nSPS) is 18.7. The summed E-state index contributed by atoms with van der Waals surface area (Å²) in [6.07, 6.45) is 8.88. The van der Waals surface area contributed by atoms with Crippen LogP contribution in [0.4, 0.5) is 11.4 Å². The van der Waals surface area contributed by atoms with Crippen LogP contribution in [0.15, 0.2) is 110 Å². The number of hydrogen-bond acceptors (Lipinski definition) is 7. The molecule has 0 radical (unpaired) electrons. The number of benzene rings is 4. The lowest BCUT2D eigenvalue weighted by Gasteiger charge is -2.39. The van der Waals surface area contributed by atoms with E-state index in [9.17, 15) is 14.7 Å². The number of nitrogen functional groups attached to an aromatic ring is 1. The largest absolute Gasteiger partial charge is 0.397 e. The lowest BCUT2D eigenvalue weighted by atomic mass is 9.97. The van der Waals surface area contributed by atoms with Crippen molar-refractivity contribution in [2.75, 3.05) is 24.1 Å². The van der Waals surface area contributed by atoms with Gasteiger partial charge in [0.25, 0.3) is 0 Å². The molecule has 2 amide bonds. The molecule has 1 saturated carbocycles. The van der Waals surface area contributed by atoms with Gasteiger partial charge >= 0.3 is 0 Å². The van der Waals surface area contributed by atoms with Crippen LogP contribution in [-0.4, -0.2) is 47.1 Å². The Morgan fingerprint density at radius 1 is 0.852 bits per heavy atom. The lowest BCUT2D eigenvalue weighted by molar-refractivity contribution is -0.253. The zero-order valence-corrected chi connectivity index (χ0v) is 31.1. The molecule has 54 heavy (non-hydrogen) atoms. The number of carbonyl (C=O) groups is 2. The molecule has 4 aromatic rings. The average molecular weight is 731 g/mol. The van der Waals surface area contributed by atoms with E-state index in [0.717, 1.165) is 52.9 Å². The SMILES string of the molecule is C=CCN(C[C@@H]1C[C@H](c2ccc(CO)cc2)O[C@H](c2ccc(-c3ccccc3CNC(=O)CCCCC(=O)Nc3ccccc3N)cc2)O1)C1CCCC1. The van der Waals surface area contributed by atoms with Crippen LogP contribution in [-0.2, 0) is 32.2 Å². The third-order valence-corrected chi connectivity index (χ3v) is 10.5. The van der Waals surface area contributed by atoms with Crippen molar-refractivity contribution in [1.29, 1.82) is 0 Å². The highest BCUT2D eigenvalue weighted by molar-refractivity contribution is 5.93. The number of unbranched alkanes of at least 4 members (excludes halogenated alkanes) is 1. The Morgan fingerprint density at radius 2 is 1.54 bits per heavy atom. The van der Waals surface area contributed by atoms with E-state index in [1.165, 1.54) is 25.7 Å². The highest BCUT2D eigenvalue weighted by Gasteiger charge is 2.34. The number of aliphatic hydroxyl groups is 1. The maximum absolute atomic E-state index is 12.8. The number of rotatable bonds is 17. The van der Waals surface area contributed by atoms with Crippen molar-refractivity contribution in [1.82, 2.24) is 10.2 Å². The summed E-state index contributed by atoms with van der Waals surface area (Å²) in [5.74, 6) is -0.160. The van der Waals surface area contributed by atoms with Crippen LogP contribution in [0.5, 0.6) is 0 Å². The maximum atomic E-state index is 12.8. The van der Waals surface area contributed by atoms with Crippen LogP contribution in [0, 0.1) is 0 Å². The highest BCUT2D eigenvalue weighted by atomic mass is 16.7. The van der Waals surface area contributed by atoms with Gasteiger partial charge in [0.05, 0.1) is 30.2 Å². The molecule has 0 aromatic heterocycles. The Bertz CT molecular complexity index is 1820. The molecule has 2 aliphatic rings. The number of nitrogens with one attached hydrogen (secondary N) is 2. The Hall–Kier alpha value is -4.80. The molecule has 0 unspecified atom stereocenters. The summed E-state index contributed by atoms with van der Waals surface area (Å²) in [7, 11) is 0. The van der Waals surface area contributed by atoms with Gasteiger partial charge in [0.2, 0.25) is 11.8 Å². The Kier molecular flexibility index (Phi) is 14.1. The summed E-state index contributed by atoms with van der Waals surface area (Å²) in [4.78, 5) is 27.6. The Balaban J connectivity index is 1.07. The van der Waals surface area contributed by atoms with Gasteiger partial charge in [-0.25, -0.2) is 0 Å². The molecule has 1 heterocycles. The second-order valence-corrected chi connectivity index (χ2v) is 14.4. The minimum absolute atomic E-state index is 0.00784. The number of nitrogens with zero attached hydrogens (tertiary/aromatic N) is 1. The van der Waals surface area contributed by atoms with Crippen molar-refractivity contribution in [2.45, 2.75) is 95.5 Å². The average Bonchev–Trinajstić information content (AvgIpc) is 3.75. The van der Waals surface area contributed by atoms with E-state index in [-0.39, 0.29) is 30.6 Å². The molecule has 3 atom stereocenters.